The summed E-state index contributed by atoms with van der Waals surface area (Å²) < 4.78 is 97.9. The molecule has 236 valence electrons. The molecule has 3 heterocycles. The highest BCUT2D eigenvalue weighted by atomic mass is 19.4. The van der Waals surface area contributed by atoms with Crippen molar-refractivity contribution in [1.82, 2.24) is 30.1 Å². The number of carbonyl (C=O) groups is 2. The average Bonchev–Trinajstić information content (AvgIpc) is 3.38. The van der Waals surface area contributed by atoms with Crippen LogP contribution in [-0.4, -0.2) is 87.6 Å². The van der Waals surface area contributed by atoms with Crippen LogP contribution in [-0.2, 0) is 14.2 Å². The summed E-state index contributed by atoms with van der Waals surface area (Å²) in [4.78, 5) is 30.4. The highest BCUT2D eigenvalue weighted by Gasteiger charge is 2.58. The molecule has 0 bridgehead atoms. The van der Waals surface area contributed by atoms with Crippen LogP contribution >= 0.6 is 0 Å². The van der Waals surface area contributed by atoms with Crippen LogP contribution in [0.4, 0.5) is 35.9 Å². The van der Waals surface area contributed by atoms with Gasteiger partial charge in [0.05, 0.1) is 49.9 Å². The van der Waals surface area contributed by atoms with E-state index in [0.29, 0.717) is 0 Å². The Morgan fingerprint density at radius 2 is 1.79 bits per heavy atom. The van der Waals surface area contributed by atoms with Gasteiger partial charge < -0.3 is 29.7 Å². The first-order valence-corrected chi connectivity index (χ1v) is 12.8. The number of fused-ring (bicyclic) bond motifs is 1. The second-order valence-electron chi connectivity index (χ2n) is 11.6. The van der Waals surface area contributed by atoms with E-state index in [1.54, 1.807) is 20.8 Å². The molecular weight excluding hydrogens is 578 g/mol. The number of methoxy groups -OCH3 is 1. The van der Waals surface area contributed by atoms with Gasteiger partial charge in [0.15, 0.2) is 16.8 Å². The largest absolute Gasteiger partial charge is 0.444 e. The predicted octanol–water partition coefficient (Wildman–Crippen LogP) is 4.69. The minimum absolute atomic E-state index is 0.0651. The number of ether oxygens (including phenoxy) is 3. The highest BCUT2D eigenvalue weighted by molar-refractivity contribution is 5.78. The maximum Gasteiger partial charge on any atom is 0.416 e. The van der Waals surface area contributed by atoms with Gasteiger partial charge in [-0.25, -0.2) is 19.1 Å². The third-order valence-corrected chi connectivity index (χ3v) is 6.54. The van der Waals surface area contributed by atoms with Gasteiger partial charge >= 0.3 is 24.5 Å². The monoisotopic (exact) mass is 612 g/mol. The molecule has 0 radical (unpaired) electrons. The standard InChI is InChI=1S/C25H34F6N6O5/c1-21(2,3)42-20(39)34-16(11-41-22(4,5)24(26,27)28)15-10-37-18(33-15)8-14(9-32-37)17(12-40-7)36-13-23(6,25(29,30)31)35-19(36)38/h8-10,16-17H,11-13H2,1-7H3,(H,34,39)(H,35,38)/t16-,17+,23-/m0/s1. The van der Waals surface area contributed by atoms with Crippen molar-refractivity contribution in [1.29, 1.82) is 0 Å². The van der Waals surface area contributed by atoms with Gasteiger partial charge in [0.1, 0.15) is 5.60 Å². The van der Waals surface area contributed by atoms with Gasteiger partial charge in [0.2, 0.25) is 0 Å². The molecule has 2 N–H and O–H groups in total. The van der Waals surface area contributed by atoms with Crippen LogP contribution in [0.2, 0.25) is 0 Å². The Hall–Kier alpha value is -3.34. The number of rotatable bonds is 9. The lowest BCUT2D eigenvalue weighted by atomic mass is 10.0. The predicted molar refractivity (Wildman–Crippen MR) is 135 cm³/mol. The van der Waals surface area contributed by atoms with E-state index in [4.69, 9.17) is 14.2 Å². The highest BCUT2D eigenvalue weighted by Crippen LogP contribution is 2.38. The molecule has 1 fully saturated rings. The van der Waals surface area contributed by atoms with Crippen molar-refractivity contribution in [3.05, 3.63) is 29.7 Å². The number of aromatic nitrogens is 3. The molecule has 3 atom stereocenters. The van der Waals surface area contributed by atoms with Crippen LogP contribution in [0.5, 0.6) is 0 Å². The lowest BCUT2D eigenvalue weighted by Crippen LogP contribution is -2.53. The Morgan fingerprint density at radius 1 is 1.14 bits per heavy atom. The Kier molecular flexibility index (Phi) is 8.99. The molecule has 3 rings (SSSR count). The third kappa shape index (κ3) is 7.35. The summed E-state index contributed by atoms with van der Waals surface area (Å²) in [7, 11) is 1.32. The van der Waals surface area contributed by atoms with E-state index >= 15 is 0 Å². The van der Waals surface area contributed by atoms with Crippen LogP contribution in [0.1, 0.15) is 64.9 Å². The van der Waals surface area contributed by atoms with Crippen LogP contribution < -0.4 is 10.6 Å². The fourth-order valence-electron chi connectivity index (χ4n) is 3.98. The summed E-state index contributed by atoms with van der Waals surface area (Å²) >= 11 is 0. The molecule has 42 heavy (non-hydrogen) atoms. The van der Waals surface area contributed by atoms with E-state index in [1.807, 2.05) is 5.32 Å². The number of alkyl halides is 6. The van der Waals surface area contributed by atoms with Crippen molar-refractivity contribution < 1.29 is 50.1 Å². The number of hydrogen-bond acceptors (Lipinski definition) is 7. The number of hydrogen-bond donors (Lipinski definition) is 2. The van der Waals surface area contributed by atoms with Crippen molar-refractivity contribution in [2.75, 3.05) is 26.9 Å². The topological polar surface area (TPSA) is 119 Å². The Labute approximate surface area is 237 Å². The Bertz CT molecular complexity index is 1290. The summed E-state index contributed by atoms with van der Waals surface area (Å²) in [6.07, 6.45) is -7.70. The van der Waals surface area contributed by atoms with Gasteiger partial charge in [-0.2, -0.15) is 31.4 Å². The van der Waals surface area contributed by atoms with Crippen molar-refractivity contribution in [2.45, 2.75) is 82.7 Å². The van der Waals surface area contributed by atoms with Crippen LogP contribution in [0, 0.1) is 0 Å². The lowest BCUT2D eigenvalue weighted by Gasteiger charge is -2.30. The fourth-order valence-corrected chi connectivity index (χ4v) is 3.98. The Morgan fingerprint density at radius 3 is 2.31 bits per heavy atom. The number of urea groups is 1. The van der Waals surface area contributed by atoms with E-state index in [1.165, 1.54) is 30.1 Å². The van der Waals surface area contributed by atoms with Gasteiger partial charge in [-0.15, -0.1) is 0 Å². The summed E-state index contributed by atoms with van der Waals surface area (Å²) in [5, 5.41) is 8.65. The van der Waals surface area contributed by atoms with Crippen LogP contribution in [0.25, 0.3) is 5.65 Å². The molecule has 1 saturated heterocycles. The second kappa shape index (κ2) is 11.4. The molecule has 0 saturated carbocycles. The van der Waals surface area contributed by atoms with Crippen molar-refractivity contribution in [2.24, 2.45) is 0 Å². The maximum atomic E-state index is 13.6. The summed E-state index contributed by atoms with van der Waals surface area (Å²) in [5.41, 5.74) is -5.47. The lowest BCUT2D eigenvalue weighted by molar-refractivity contribution is -0.265. The molecule has 17 heteroatoms. The second-order valence-corrected chi connectivity index (χ2v) is 11.6. The average molecular weight is 613 g/mol. The molecule has 0 spiro atoms. The van der Waals surface area contributed by atoms with Crippen LogP contribution in [0.15, 0.2) is 18.5 Å². The summed E-state index contributed by atoms with van der Waals surface area (Å²) in [6, 6.07) is -1.70. The van der Waals surface area contributed by atoms with Crippen LogP contribution in [0.3, 0.4) is 0 Å². The molecule has 2 aromatic rings. The van der Waals surface area contributed by atoms with Crippen molar-refractivity contribution >= 4 is 17.8 Å². The number of imidazole rings is 1. The maximum absolute atomic E-state index is 13.6. The summed E-state index contributed by atoms with van der Waals surface area (Å²) in [6.45, 7) is 5.86. The summed E-state index contributed by atoms with van der Waals surface area (Å²) in [5.74, 6) is 0. The number of carbonyl (C=O) groups excluding carboxylic acids is 2. The van der Waals surface area contributed by atoms with E-state index in [2.05, 4.69) is 15.4 Å². The van der Waals surface area contributed by atoms with Gasteiger partial charge in [0, 0.05) is 12.7 Å². The third-order valence-electron chi connectivity index (χ3n) is 6.54. The van der Waals surface area contributed by atoms with Crippen molar-refractivity contribution in [3.63, 3.8) is 0 Å². The van der Waals surface area contributed by atoms with Gasteiger partial charge in [-0.05, 0) is 47.6 Å². The molecular formula is C25H34F6N6O5. The Balaban J connectivity index is 1.95. The number of halogens is 6. The van der Waals surface area contributed by atoms with E-state index < -0.39 is 66.5 Å². The van der Waals surface area contributed by atoms with E-state index in [0.717, 1.165) is 25.7 Å². The number of nitrogens with zero attached hydrogens (tertiary/aromatic N) is 4. The zero-order chi connectivity index (χ0) is 31.9. The quantitative estimate of drug-likeness (QED) is 0.395. The van der Waals surface area contributed by atoms with Gasteiger partial charge in [-0.1, -0.05) is 0 Å². The minimum Gasteiger partial charge on any atom is -0.444 e. The van der Waals surface area contributed by atoms with E-state index in [-0.39, 0.29) is 23.5 Å². The zero-order valence-electron chi connectivity index (χ0n) is 24.1. The number of amides is 3. The van der Waals surface area contributed by atoms with Crippen molar-refractivity contribution in [3.8, 4) is 0 Å². The molecule has 0 unspecified atom stereocenters. The first-order valence-electron chi connectivity index (χ1n) is 12.8. The molecule has 3 amide bonds. The molecule has 0 aliphatic carbocycles. The molecule has 0 aromatic carbocycles. The fraction of sp³-hybridized carbons (Fsp3) is 0.680. The first-order chi connectivity index (χ1) is 19.1. The van der Waals surface area contributed by atoms with Gasteiger partial charge in [0.25, 0.3) is 0 Å². The molecule has 1 aliphatic rings. The molecule has 11 nitrogen and oxygen atoms in total. The SMILES string of the molecule is COC[C@H](c1cnn2cc([C@H](COC(C)(C)C(F)(F)F)NC(=O)OC(C)(C)C)nc2c1)N1C[C@@](C)(C(F)(F)F)NC1=O. The molecule has 1 aliphatic heterocycles. The molecule has 2 aromatic heterocycles. The first kappa shape index (κ1) is 33.2. The van der Waals surface area contributed by atoms with E-state index in [9.17, 15) is 35.9 Å². The number of alkyl carbamates (subject to hydrolysis) is 1. The smallest absolute Gasteiger partial charge is 0.416 e. The van der Waals surface area contributed by atoms with Gasteiger partial charge in [-0.3, -0.25) is 0 Å². The normalized spacial score (nSPS) is 20.0. The zero-order valence-corrected chi connectivity index (χ0v) is 24.1. The number of nitrogens with one attached hydrogen (secondary N) is 2. The minimum atomic E-state index is -4.71.